The summed E-state index contributed by atoms with van der Waals surface area (Å²) in [5.41, 5.74) is 8.80. The third kappa shape index (κ3) is 38.2. The van der Waals surface area contributed by atoms with Crippen molar-refractivity contribution in [3.8, 4) is 0 Å². The standard InChI is InChI=1S/C14H20ClN.C13H19N.C6H14.C5H10.C4H10.C2H6/c1-10(2)12(4)8-16-9-13-6-5-11(3)14(15)7-13;1-10(2)8-14-9-13-6-5-11(3)12(4)7-13;1-3-5-6-4-2;1-4-5(2)3;1-4(2)3;1-2/h5-7,10,16H,4,8-9H2,1-3H3;5-7,14H,1,8-9H2,2-4H3;3-6H2,1-2H3;4-5H,1H2,2-3H3;4H,1-3H3;1-2H3. The Hall–Kier alpha value is -2.13. The molecule has 2 nitrogen and oxygen atoms in total. The zero-order valence-corrected chi connectivity index (χ0v) is 34.7. The summed E-state index contributed by atoms with van der Waals surface area (Å²) >= 11 is 6.06. The fourth-order valence-corrected chi connectivity index (χ4v) is 3.35. The topological polar surface area (TPSA) is 24.1 Å². The van der Waals surface area contributed by atoms with Crippen LogP contribution in [0.5, 0.6) is 0 Å². The lowest BCUT2D eigenvalue weighted by Gasteiger charge is -2.11. The lowest BCUT2D eigenvalue weighted by atomic mass is 10.1. The first-order valence-electron chi connectivity index (χ1n) is 18.2. The Kier molecular flexibility index (Phi) is 38.7. The van der Waals surface area contributed by atoms with Gasteiger partial charge in [0.1, 0.15) is 0 Å². The number of rotatable bonds is 13. The molecule has 2 aromatic rings. The SMILES string of the molecule is C=C(C)CNCc1ccc(C)c(C)c1.C=C(CNCc1ccc(C)c(Cl)c1)C(C)C.C=CC(C)C.CC.CC(C)C.CCCCCC. The molecule has 0 aliphatic rings. The molecule has 272 valence electrons. The lowest BCUT2D eigenvalue weighted by Crippen LogP contribution is -2.18. The molecule has 0 aliphatic heterocycles. The highest BCUT2D eigenvalue weighted by Crippen LogP contribution is 2.16. The van der Waals surface area contributed by atoms with Crippen LogP contribution in [0.15, 0.2) is 73.4 Å². The van der Waals surface area contributed by atoms with Gasteiger partial charge in [-0.2, -0.15) is 0 Å². The molecule has 0 atom stereocenters. The van der Waals surface area contributed by atoms with Crippen molar-refractivity contribution in [2.75, 3.05) is 13.1 Å². The van der Waals surface area contributed by atoms with Crippen LogP contribution in [-0.4, -0.2) is 13.1 Å². The highest BCUT2D eigenvalue weighted by molar-refractivity contribution is 6.31. The fourth-order valence-electron chi connectivity index (χ4n) is 3.15. The maximum atomic E-state index is 6.06. The van der Waals surface area contributed by atoms with Crippen LogP contribution in [0.3, 0.4) is 0 Å². The third-order valence-corrected chi connectivity index (χ3v) is 6.90. The predicted molar refractivity (Wildman–Crippen MR) is 221 cm³/mol. The minimum Gasteiger partial charge on any atom is -0.309 e. The molecule has 47 heavy (non-hydrogen) atoms. The molecule has 0 amide bonds. The molecule has 0 spiro atoms. The van der Waals surface area contributed by atoms with Gasteiger partial charge in [-0.3, -0.25) is 0 Å². The highest BCUT2D eigenvalue weighted by Gasteiger charge is 2.01. The van der Waals surface area contributed by atoms with Crippen LogP contribution < -0.4 is 10.6 Å². The van der Waals surface area contributed by atoms with Gasteiger partial charge in [-0.05, 0) is 79.3 Å². The van der Waals surface area contributed by atoms with Gasteiger partial charge in [0.05, 0.1) is 0 Å². The molecule has 0 bridgehead atoms. The average molecular weight is 672 g/mol. The van der Waals surface area contributed by atoms with E-state index in [4.69, 9.17) is 11.6 Å². The van der Waals surface area contributed by atoms with E-state index in [9.17, 15) is 0 Å². The quantitative estimate of drug-likeness (QED) is 0.164. The maximum Gasteiger partial charge on any atom is 0.0438 e. The second-order valence-corrected chi connectivity index (χ2v) is 13.8. The second-order valence-electron chi connectivity index (χ2n) is 13.4. The summed E-state index contributed by atoms with van der Waals surface area (Å²) < 4.78 is 0. The smallest absolute Gasteiger partial charge is 0.0438 e. The fraction of sp³-hybridized carbons (Fsp3) is 0.591. The molecule has 0 aromatic heterocycles. The van der Waals surface area contributed by atoms with Crippen LogP contribution in [0.2, 0.25) is 5.02 Å². The summed E-state index contributed by atoms with van der Waals surface area (Å²) in [5, 5.41) is 7.55. The Bertz CT molecular complexity index is 1030. The van der Waals surface area contributed by atoms with Gasteiger partial charge in [0.15, 0.2) is 0 Å². The first kappa shape index (κ1) is 51.7. The average Bonchev–Trinajstić information content (AvgIpc) is 3.01. The van der Waals surface area contributed by atoms with E-state index in [0.717, 1.165) is 42.7 Å². The largest absolute Gasteiger partial charge is 0.309 e. The highest BCUT2D eigenvalue weighted by atomic mass is 35.5. The van der Waals surface area contributed by atoms with Crippen molar-refractivity contribution in [2.45, 2.75) is 143 Å². The van der Waals surface area contributed by atoms with Crippen LogP contribution in [-0.2, 0) is 13.1 Å². The van der Waals surface area contributed by atoms with Gasteiger partial charge in [0.2, 0.25) is 0 Å². The number of benzene rings is 2. The Morgan fingerprint density at radius 3 is 1.47 bits per heavy atom. The predicted octanol–water partition coefficient (Wildman–Crippen LogP) is 14.0. The first-order valence-corrected chi connectivity index (χ1v) is 18.6. The second kappa shape index (κ2) is 35.2. The van der Waals surface area contributed by atoms with Crippen molar-refractivity contribution in [2.24, 2.45) is 17.8 Å². The minimum absolute atomic E-state index is 0.536. The van der Waals surface area contributed by atoms with E-state index in [1.54, 1.807) is 0 Å². The van der Waals surface area contributed by atoms with Crippen molar-refractivity contribution in [1.29, 1.82) is 0 Å². The van der Waals surface area contributed by atoms with Crippen molar-refractivity contribution < 1.29 is 0 Å². The molecule has 2 rings (SSSR count). The van der Waals surface area contributed by atoms with Crippen molar-refractivity contribution in [3.63, 3.8) is 0 Å². The summed E-state index contributed by atoms with van der Waals surface area (Å²) in [6.07, 6.45) is 7.45. The summed E-state index contributed by atoms with van der Waals surface area (Å²) in [6, 6.07) is 12.8. The van der Waals surface area contributed by atoms with Gasteiger partial charge in [-0.25, -0.2) is 0 Å². The lowest BCUT2D eigenvalue weighted by molar-refractivity contribution is 0.663. The van der Waals surface area contributed by atoms with Crippen LogP contribution in [0.1, 0.15) is 137 Å². The van der Waals surface area contributed by atoms with E-state index in [2.05, 4.69) is 137 Å². The molecule has 0 saturated heterocycles. The number of hydrogen-bond acceptors (Lipinski definition) is 2. The Balaban J connectivity index is -0.000000269. The Morgan fingerprint density at radius 2 is 1.13 bits per heavy atom. The number of halogens is 1. The molecular formula is C44H79ClN2. The molecule has 0 aliphatic carbocycles. The summed E-state index contributed by atoms with van der Waals surface area (Å²) in [5.74, 6) is 2.02. The van der Waals surface area contributed by atoms with Gasteiger partial charge in [-0.1, -0.05) is 174 Å². The van der Waals surface area contributed by atoms with Crippen LogP contribution in [0, 0.1) is 38.5 Å². The number of unbranched alkanes of at least 4 members (excludes halogenated alkanes) is 3. The molecule has 0 radical (unpaired) electrons. The van der Waals surface area contributed by atoms with E-state index < -0.39 is 0 Å². The Labute approximate surface area is 301 Å². The molecule has 3 heteroatoms. The number of nitrogens with one attached hydrogen (secondary N) is 2. The number of hydrogen-bond donors (Lipinski definition) is 2. The van der Waals surface area contributed by atoms with E-state index in [0.29, 0.717) is 11.8 Å². The summed E-state index contributed by atoms with van der Waals surface area (Å²) in [6.45, 7) is 46.8. The summed E-state index contributed by atoms with van der Waals surface area (Å²) in [4.78, 5) is 0. The molecule has 2 aromatic carbocycles. The normalized spacial score (nSPS) is 9.68. The molecule has 0 fully saturated rings. The van der Waals surface area contributed by atoms with E-state index in [1.165, 1.54) is 59.1 Å². The van der Waals surface area contributed by atoms with E-state index in [1.807, 2.05) is 39.8 Å². The van der Waals surface area contributed by atoms with E-state index >= 15 is 0 Å². The number of allylic oxidation sites excluding steroid dienone is 1. The number of aryl methyl sites for hydroxylation is 3. The maximum absolute atomic E-state index is 6.06. The van der Waals surface area contributed by atoms with Gasteiger partial charge in [0, 0.05) is 31.2 Å². The summed E-state index contributed by atoms with van der Waals surface area (Å²) in [7, 11) is 0. The minimum atomic E-state index is 0.536. The Morgan fingerprint density at radius 1 is 0.723 bits per heavy atom. The molecule has 0 heterocycles. The molecule has 0 unspecified atom stereocenters. The van der Waals surface area contributed by atoms with E-state index in [-0.39, 0.29) is 0 Å². The monoisotopic (exact) mass is 671 g/mol. The molecule has 0 saturated carbocycles. The molecule has 2 N–H and O–H groups in total. The van der Waals surface area contributed by atoms with Gasteiger partial charge >= 0.3 is 0 Å². The zero-order chi connectivity index (χ0) is 37.4. The van der Waals surface area contributed by atoms with Crippen LogP contribution in [0.25, 0.3) is 0 Å². The van der Waals surface area contributed by atoms with Crippen molar-refractivity contribution in [1.82, 2.24) is 10.6 Å². The van der Waals surface area contributed by atoms with Crippen molar-refractivity contribution >= 4 is 11.6 Å². The van der Waals surface area contributed by atoms with Crippen LogP contribution >= 0.6 is 11.6 Å². The first-order chi connectivity index (χ1) is 22.0. The van der Waals surface area contributed by atoms with Crippen molar-refractivity contribution in [3.05, 3.63) is 106 Å². The van der Waals surface area contributed by atoms with Gasteiger partial charge in [-0.15, -0.1) is 6.58 Å². The van der Waals surface area contributed by atoms with Gasteiger partial charge < -0.3 is 10.6 Å². The van der Waals surface area contributed by atoms with Crippen LogP contribution in [0.4, 0.5) is 0 Å². The molecular weight excluding hydrogens is 592 g/mol. The zero-order valence-electron chi connectivity index (χ0n) is 33.9. The van der Waals surface area contributed by atoms with Gasteiger partial charge in [0.25, 0.3) is 0 Å². The third-order valence-electron chi connectivity index (χ3n) is 6.49.